The van der Waals surface area contributed by atoms with Crippen LogP contribution in [0, 0.1) is 23.2 Å². The van der Waals surface area contributed by atoms with Crippen molar-refractivity contribution in [3.05, 3.63) is 62.4 Å². The number of halogens is 2. The highest BCUT2D eigenvalue weighted by atomic mass is 35.5. The van der Waals surface area contributed by atoms with Crippen LogP contribution in [-0.4, -0.2) is 78.1 Å². The van der Waals surface area contributed by atoms with Gasteiger partial charge in [0.1, 0.15) is 0 Å². The summed E-state index contributed by atoms with van der Waals surface area (Å²) in [6, 6.07) is 11.6. The van der Waals surface area contributed by atoms with Crippen molar-refractivity contribution in [3.63, 3.8) is 0 Å². The van der Waals surface area contributed by atoms with Crippen LogP contribution in [0.4, 0.5) is 11.6 Å². The van der Waals surface area contributed by atoms with Gasteiger partial charge in [0.2, 0.25) is 5.95 Å². The van der Waals surface area contributed by atoms with E-state index in [0.29, 0.717) is 83.4 Å². The second-order valence-corrected chi connectivity index (χ2v) is 15.8. The third-order valence-corrected chi connectivity index (χ3v) is 12.0. The van der Waals surface area contributed by atoms with Crippen LogP contribution in [0.25, 0.3) is 10.9 Å². The van der Waals surface area contributed by atoms with E-state index in [0.717, 1.165) is 42.6 Å². The monoisotopic (exact) mass is 694 g/mol. The van der Waals surface area contributed by atoms with Crippen molar-refractivity contribution >= 4 is 51.7 Å². The zero-order valence-corrected chi connectivity index (χ0v) is 30.2. The number of fused-ring (bicyclic) bond motifs is 3. The first kappa shape index (κ1) is 33.6. The Hall–Kier alpha value is -2.85. The molecular formula is C37H48Cl2N6O3. The molecule has 3 aliphatic carbocycles. The fraction of sp³-hybridized carbons (Fsp3) is 0.595. The summed E-state index contributed by atoms with van der Waals surface area (Å²) in [6.45, 7) is 16.0. The Morgan fingerprint density at radius 2 is 1.79 bits per heavy atom. The van der Waals surface area contributed by atoms with E-state index in [4.69, 9.17) is 42.7 Å². The first-order valence-electron chi connectivity index (χ1n) is 17.5. The lowest BCUT2D eigenvalue weighted by atomic mass is 9.45. The van der Waals surface area contributed by atoms with Crippen LogP contribution < -0.4 is 15.8 Å². The molecule has 9 nitrogen and oxygen atoms in total. The lowest BCUT2D eigenvalue weighted by Gasteiger charge is -2.61. The lowest BCUT2D eigenvalue weighted by Crippen LogP contribution is -2.57. The van der Waals surface area contributed by atoms with Gasteiger partial charge in [-0.25, -0.2) is 9.98 Å². The Morgan fingerprint density at radius 1 is 1.04 bits per heavy atom. The molecule has 0 radical (unpaired) electrons. The second-order valence-electron chi connectivity index (χ2n) is 14.9. The highest BCUT2D eigenvalue weighted by Gasteiger charge is 2.56. The van der Waals surface area contributed by atoms with Crippen molar-refractivity contribution in [2.75, 3.05) is 49.6 Å². The minimum atomic E-state index is -0.0688. The van der Waals surface area contributed by atoms with Crippen LogP contribution in [0.3, 0.4) is 0 Å². The molecule has 0 unspecified atom stereocenters. The van der Waals surface area contributed by atoms with Gasteiger partial charge >= 0.3 is 0 Å². The predicted molar refractivity (Wildman–Crippen MR) is 195 cm³/mol. The number of rotatable bonds is 6. The van der Waals surface area contributed by atoms with Crippen molar-refractivity contribution in [1.82, 2.24) is 14.5 Å². The number of aryl methyl sites for hydroxylation is 1. The number of anilines is 2. The van der Waals surface area contributed by atoms with Gasteiger partial charge in [-0.3, -0.25) is 9.36 Å². The molecule has 5 fully saturated rings. The number of nitrogens with zero attached hydrogens (tertiary/aromatic N) is 5. The average molecular weight is 696 g/mol. The molecule has 2 aliphatic heterocycles. The molecule has 2 aromatic carbocycles. The van der Waals surface area contributed by atoms with Crippen molar-refractivity contribution in [1.29, 1.82) is 0 Å². The number of benzene rings is 2. The van der Waals surface area contributed by atoms with Gasteiger partial charge in [-0.15, -0.1) is 0 Å². The van der Waals surface area contributed by atoms with E-state index < -0.39 is 0 Å². The average Bonchev–Trinajstić information content (AvgIpc) is 3.05. The maximum absolute atomic E-state index is 14.1. The number of hydrogen-bond acceptors (Lipinski definition) is 6. The molecule has 5 aliphatic rings. The van der Waals surface area contributed by atoms with Gasteiger partial charge in [0, 0.05) is 48.5 Å². The molecular weight excluding hydrogens is 647 g/mol. The van der Waals surface area contributed by atoms with Gasteiger partial charge in [-0.2, -0.15) is 0 Å². The molecule has 3 aromatic rings. The van der Waals surface area contributed by atoms with Crippen LogP contribution in [-0.2, 0) is 22.4 Å². The summed E-state index contributed by atoms with van der Waals surface area (Å²) in [5.41, 5.74) is 2.79. The van der Waals surface area contributed by atoms with E-state index in [1.165, 1.54) is 6.42 Å². The van der Waals surface area contributed by atoms with Crippen LogP contribution in [0.15, 0.2) is 46.2 Å². The molecule has 11 heteroatoms. The molecule has 258 valence electrons. The summed E-state index contributed by atoms with van der Waals surface area (Å²) < 4.78 is 13.5. The van der Waals surface area contributed by atoms with Crippen molar-refractivity contribution < 1.29 is 9.47 Å². The normalized spacial score (nSPS) is 28.8. The number of aromatic nitrogens is 2. The third-order valence-electron chi connectivity index (χ3n) is 11.4. The van der Waals surface area contributed by atoms with Crippen LogP contribution in [0.5, 0.6) is 0 Å². The maximum Gasteiger partial charge on any atom is 0.262 e. The smallest absolute Gasteiger partial charge is 0.262 e. The Balaban J connectivity index is 1.22. The number of aliphatic imine (C=N–C) groups is 1. The summed E-state index contributed by atoms with van der Waals surface area (Å²) in [6.07, 6.45) is 3.23. The van der Waals surface area contributed by atoms with Crippen molar-refractivity contribution in [2.45, 2.75) is 78.7 Å². The van der Waals surface area contributed by atoms with Crippen LogP contribution >= 0.6 is 23.2 Å². The van der Waals surface area contributed by atoms with Crippen molar-refractivity contribution in [2.24, 2.45) is 28.2 Å². The number of morpholine rings is 2. The zero-order chi connectivity index (χ0) is 33.7. The van der Waals surface area contributed by atoms with Gasteiger partial charge in [-0.1, -0.05) is 50.0 Å². The Kier molecular flexibility index (Phi) is 9.43. The fourth-order valence-electron chi connectivity index (χ4n) is 8.57. The van der Waals surface area contributed by atoms with Crippen LogP contribution in [0.2, 0.25) is 10.0 Å². The predicted octanol–water partition coefficient (Wildman–Crippen LogP) is 6.73. The summed E-state index contributed by atoms with van der Waals surface area (Å²) in [5.74, 6) is 3.48. The van der Waals surface area contributed by atoms with Gasteiger partial charge < -0.3 is 24.6 Å². The van der Waals surface area contributed by atoms with E-state index in [1.54, 1.807) is 10.6 Å². The van der Waals surface area contributed by atoms with E-state index in [2.05, 4.69) is 49.7 Å². The standard InChI is InChI=1S/C37H48Cl2N6O3/c1-22-20-44(21-23(2)48-22)35(41-32-17-26-16-30(24(32)3)37(26,4)5)40-28-8-9-29-33(19-28)42-36(43-12-14-47-15-13-43)45(34(29)46)11-10-25-6-7-27(38)18-31(25)39/h6-9,18-19,22-24,26,30,32H,10-17,20-21H2,1-5H3,(H,40,41)/t22-,23+,24-,26-,30+,32-/m0/s1. The Labute approximate surface area is 293 Å². The number of hydrogen-bond donors (Lipinski definition) is 1. The summed E-state index contributed by atoms with van der Waals surface area (Å²) in [5, 5.41) is 5.47. The van der Waals surface area contributed by atoms with E-state index in [-0.39, 0.29) is 23.8 Å². The Morgan fingerprint density at radius 3 is 2.48 bits per heavy atom. The summed E-state index contributed by atoms with van der Waals surface area (Å²) in [7, 11) is 0. The molecule has 0 amide bonds. The van der Waals surface area contributed by atoms with Gasteiger partial charge in [-0.05, 0) is 92.2 Å². The molecule has 1 aromatic heterocycles. The molecule has 2 saturated heterocycles. The molecule has 3 saturated carbocycles. The zero-order valence-electron chi connectivity index (χ0n) is 28.7. The molecule has 0 spiro atoms. The topological polar surface area (TPSA) is 84.2 Å². The third kappa shape index (κ3) is 6.55. The molecule has 1 N–H and O–H groups in total. The van der Waals surface area contributed by atoms with Crippen LogP contribution in [0.1, 0.15) is 53.0 Å². The molecule has 8 rings (SSSR count). The summed E-state index contributed by atoms with van der Waals surface area (Å²) >= 11 is 12.6. The number of nitrogens with one attached hydrogen (secondary N) is 1. The van der Waals surface area contributed by atoms with Gasteiger partial charge in [0.25, 0.3) is 5.56 Å². The van der Waals surface area contributed by atoms with Gasteiger partial charge in [0.15, 0.2) is 5.96 Å². The first-order chi connectivity index (χ1) is 23.0. The van der Waals surface area contributed by atoms with E-state index in [9.17, 15) is 4.79 Å². The molecule has 6 atom stereocenters. The Bertz CT molecular complexity index is 1740. The molecule has 2 bridgehead atoms. The largest absolute Gasteiger partial charge is 0.378 e. The molecule has 48 heavy (non-hydrogen) atoms. The second kappa shape index (κ2) is 13.5. The lowest BCUT2D eigenvalue weighted by molar-refractivity contribution is -0.108. The van der Waals surface area contributed by atoms with E-state index >= 15 is 0 Å². The van der Waals surface area contributed by atoms with Crippen molar-refractivity contribution in [3.8, 4) is 0 Å². The summed E-state index contributed by atoms with van der Waals surface area (Å²) in [4.78, 5) is 29.2. The quantitative estimate of drug-likeness (QED) is 0.226. The highest BCUT2D eigenvalue weighted by Crippen LogP contribution is 2.61. The minimum absolute atomic E-state index is 0.0688. The first-order valence-corrected chi connectivity index (χ1v) is 18.3. The minimum Gasteiger partial charge on any atom is -0.378 e. The van der Waals surface area contributed by atoms with Gasteiger partial charge in [0.05, 0.1) is 42.4 Å². The van der Waals surface area contributed by atoms with E-state index in [1.807, 2.05) is 30.3 Å². The molecule has 3 heterocycles. The highest BCUT2D eigenvalue weighted by molar-refractivity contribution is 6.35. The number of ether oxygens (including phenoxy) is 2. The maximum atomic E-state index is 14.1. The number of guanidine groups is 1. The SMILES string of the molecule is C[C@@H]1[C@@H](N=C(Nc2ccc3c(=O)n(CCc4ccc(Cl)cc4Cl)c(N4CCOCC4)nc3c2)N2C[C@@H](C)O[C@@H](C)C2)C[C@@H]2C[C@H]1C2(C)C. The fourth-order valence-corrected chi connectivity index (χ4v) is 9.08.